The van der Waals surface area contributed by atoms with Gasteiger partial charge in [0.15, 0.2) is 11.5 Å². The maximum Gasteiger partial charge on any atom is 0.223 e. The van der Waals surface area contributed by atoms with E-state index in [1.54, 1.807) is 29.3 Å². The Balaban J connectivity index is 1.93. The number of amides is 1. The molecule has 0 spiro atoms. The van der Waals surface area contributed by atoms with Gasteiger partial charge in [0.2, 0.25) is 5.91 Å². The Hall–Kier alpha value is -2.27. The van der Waals surface area contributed by atoms with Crippen LogP contribution in [0, 0.1) is 5.92 Å². The van der Waals surface area contributed by atoms with Gasteiger partial charge in [0, 0.05) is 30.3 Å². The summed E-state index contributed by atoms with van der Waals surface area (Å²) >= 11 is 5.89. The predicted molar refractivity (Wildman–Crippen MR) is 96.7 cm³/mol. The number of pyridine rings is 1. The van der Waals surface area contributed by atoms with Crippen molar-refractivity contribution in [1.82, 2.24) is 9.88 Å². The number of phenolic OH excluding ortho intramolecular Hbond substituents is 1. The van der Waals surface area contributed by atoms with Crippen molar-refractivity contribution in [2.24, 2.45) is 5.92 Å². The fraction of sp³-hybridized carbons (Fsp3) is 0.368. The van der Waals surface area contributed by atoms with Crippen molar-refractivity contribution in [1.29, 1.82) is 0 Å². The van der Waals surface area contributed by atoms with E-state index in [1.807, 2.05) is 19.9 Å². The van der Waals surface area contributed by atoms with Gasteiger partial charge in [-0.15, -0.1) is 0 Å². The lowest BCUT2D eigenvalue weighted by atomic mass is 10.0. The SMILES string of the molecule is CC(C)CC(=O)N1CCOc2c(O)cc(-c3ccc(Cl)cn3)cc2C1. The Morgan fingerprint density at radius 3 is 2.88 bits per heavy atom. The molecule has 0 aliphatic carbocycles. The first-order valence-electron chi connectivity index (χ1n) is 8.32. The molecule has 0 unspecified atom stereocenters. The smallest absolute Gasteiger partial charge is 0.223 e. The maximum atomic E-state index is 12.4. The molecule has 1 aliphatic rings. The molecule has 0 radical (unpaired) electrons. The summed E-state index contributed by atoms with van der Waals surface area (Å²) in [6.07, 6.45) is 2.06. The molecule has 0 atom stereocenters. The average Bonchev–Trinajstić information content (AvgIpc) is 2.77. The highest BCUT2D eigenvalue weighted by molar-refractivity contribution is 6.30. The summed E-state index contributed by atoms with van der Waals surface area (Å²) in [7, 11) is 0. The number of hydrogen-bond donors (Lipinski definition) is 1. The molecule has 132 valence electrons. The number of benzene rings is 1. The lowest BCUT2D eigenvalue weighted by Gasteiger charge is -2.21. The number of aromatic hydroxyl groups is 1. The summed E-state index contributed by atoms with van der Waals surface area (Å²) in [6, 6.07) is 7.08. The third kappa shape index (κ3) is 4.04. The zero-order valence-electron chi connectivity index (χ0n) is 14.3. The largest absolute Gasteiger partial charge is 0.504 e. The Morgan fingerprint density at radius 2 is 2.20 bits per heavy atom. The van der Waals surface area contributed by atoms with Crippen LogP contribution in [-0.2, 0) is 11.3 Å². The van der Waals surface area contributed by atoms with E-state index in [-0.39, 0.29) is 11.7 Å². The first kappa shape index (κ1) is 17.5. The van der Waals surface area contributed by atoms with Crippen LogP contribution in [0.2, 0.25) is 5.02 Å². The van der Waals surface area contributed by atoms with Crippen molar-refractivity contribution in [2.75, 3.05) is 13.2 Å². The van der Waals surface area contributed by atoms with Crippen LogP contribution in [0.1, 0.15) is 25.8 Å². The Labute approximate surface area is 152 Å². The van der Waals surface area contributed by atoms with Crippen LogP contribution in [0.4, 0.5) is 0 Å². The standard InChI is InChI=1S/C19H21ClN2O3/c1-12(2)7-18(24)22-5-6-25-19-14(11-22)8-13(9-17(19)23)16-4-3-15(20)10-21-16/h3-4,8-10,12,23H,5-7,11H2,1-2H3. The molecule has 6 heteroatoms. The van der Waals surface area contributed by atoms with Gasteiger partial charge >= 0.3 is 0 Å². The van der Waals surface area contributed by atoms with E-state index in [1.165, 1.54) is 0 Å². The van der Waals surface area contributed by atoms with E-state index in [9.17, 15) is 9.90 Å². The second-order valence-electron chi connectivity index (χ2n) is 6.61. The number of fused-ring (bicyclic) bond motifs is 1. The van der Waals surface area contributed by atoms with Crippen LogP contribution in [0.25, 0.3) is 11.3 Å². The number of aromatic nitrogens is 1. The van der Waals surface area contributed by atoms with Crippen molar-refractivity contribution in [2.45, 2.75) is 26.8 Å². The Kier molecular flexibility index (Phi) is 5.13. The quantitative estimate of drug-likeness (QED) is 0.902. The number of rotatable bonds is 3. The number of carbonyl (C=O) groups excluding carboxylic acids is 1. The molecule has 1 N–H and O–H groups in total. The van der Waals surface area contributed by atoms with Crippen LogP contribution >= 0.6 is 11.6 Å². The highest BCUT2D eigenvalue weighted by Crippen LogP contribution is 2.37. The fourth-order valence-electron chi connectivity index (χ4n) is 2.88. The number of hydrogen-bond acceptors (Lipinski definition) is 4. The van der Waals surface area contributed by atoms with Crippen LogP contribution in [0.15, 0.2) is 30.5 Å². The lowest BCUT2D eigenvalue weighted by molar-refractivity contribution is -0.132. The van der Waals surface area contributed by atoms with Crippen LogP contribution < -0.4 is 4.74 Å². The molecule has 0 saturated heterocycles. The van der Waals surface area contributed by atoms with E-state index in [0.717, 1.165) is 11.1 Å². The van der Waals surface area contributed by atoms with Gasteiger partial charge in [-0.05, 0) is 30.2 Å². The number of phenols is 1. The molecule has 5 nitrogen and oxygen atoms in total. The average molecular weight is 361 g/mol. The first-order chi connectivity index (χ1) is 11.9. The molecule has 25 heavy (non-hydrogen) atoms. The molecule has 3 rings (SSSR count). The zero-order valence-corrected chi connectivity index (χ0v) is 15.1. The summed E-state index contributed by atoms with van der Waals surface area (Å²) < 4.78 is 5.69. The van der Waals surface area contributed by atoms with Gasteiger partial charge in [0.25, 0.3) is 0 Å². The van der Waals surface area contributed by atoms with Crippen molar-refractivity contribution in [3.8, 4) is 22.8 Å². The van der Waals surface area contributed by atoms with Gasteiger partial charge in [0.1, 0.15) is 6.61 Å². The third-order valence-corrected chi connectivity index (χ3v) is 4.30. The van der Waals surface area contributed by atoms with Crippen LogP contribution in [-0.4, -0.2) is 34.0 Å². The molecule has 0 bridgehead atoms. The lowest BCUT2D eigenvalue weighted by Crippen LogP contribution is -2.33. The molecule has 1 amide bonds. The van der Waals surface area contributed by atoms with E-state index in [4.69, 9.17) is 16.3 Å². The van der Waals surface area contributed by atoms with Gasteiger partial charge in [-0.25, -0.2) is 0 Å². The monoisotopic (exact) mass is 360 g/mol. The van der Waals surface area contributed by atoms with Crippen molar-refractivity contribution >= 4 is 17.5 Å². The molecule has 1 aliphatic heterocycles. The summed E-state index contributed by atoms with van der Waals surface area (Å²) in [5, 5.41) is 10.9. The molecule has 2 aromatic rings. The van der Waals surface area contributed by atoms with Crippen molar-refractivity contribution in [3.63, 3.8) is 0 Å². The summed E-state index contributed by atoms with van der Waals surface area (Å²) in [5.74, 6) is 0.898. The van der Waals surface area contributed by atoms with Crippen LogP contribution in [0.5, 0.6) is 11.5 Å². The minimum absolute atomic E-state index is 0.0578. The number of nitrogens with zero attached hydrogens (tertiary/aromatic N) is 2. The number of halogens is 1. The summed E-state index contributed by atoms with van der Waals surface area (Å²) in [5.41, 5.74) is 2.24. The third-order valence-electron chi connectivity index (χ3n) is 4.07. The summed E-state index contributed by atoms with van der Waals surface area (Å²) in [4.78, 5) is 18.5. The van der Waals surface area contributed by atoms with Gasteiger partial charge in [-0.1, -0.05) is 25.4 Å². The van der Waals surface area contributed by atoms with Gasteiger partial charge in [-0.3, -0.25) is 9.78 Å². The first-order valence-corrected chi connectivity index (χ1v) is 8.70. The highest BCUT2D eigenvalue weighted by atomic mass is 35.5. The van der Waals surface area contributed by atoms with Gasteiger partial charge in [-0.2, -0.15) is 0 Å². The Bertz CT molecular complexity index is 775. The molecular formula is C19H21ClN2O3. The summed E-state index contributed by atoms with van der Waals surface area (Å²) in [6.45, 7) is 5.33. The van der Waals surface area contributed by atoms with Crippen molar-refractivity contribution < 1.29 is 14.6 Å². The zero-order chi connectivity index (χ0) is 18.0. The fourth-order valence-corrected chi connectivity index (χ4v) is 3.00. The van der Waals surface area contributed by atoms with Crippen molar-refractivity contribution in [3.05, 3.63) is 41.0 Å². The minimum Gasteiger partial charge on any atom is -0.504 e. The Morgan fingerprint density at radius 1 is 1.40 bits per heavy atom. The molecule has 1 aromatic carbocycles. The van der Waals surface area contributed by atoms with E-state index in [0.29, 0.717) is 48.5 Å². The molecule has 1 aromatic heterocycles. The molecule has 0 saturated carbocycles. The van der Waals surface area contributed by atoms with E-state index in [2.05, 4.69) is 4.98 Å². The predicted octanol–water partition coefficient (Wildman–Crippen LogP) is 3.87. The van der Waals surface area contributed by atoms with Gasteiger partial charge in [0.05, 0.1) is 17.3 Å². The number of ether oxygens (including phenoxy) is 1. The normalized spacial score (nSPS) is 14.0. The second-order valence-corrected chi connectivity index (χ2v) is 7.04. The molecule has 2 heterocycles. The van der Waals surface area contributed by atoms with E-state index < -0.39 is 0 Å². The topological polar surface area (TPSA) is 62.7 Å². The second kappa shape index (κ2) is 7.31. The molecular weight excluding hydrogens is 340 g/mol. The highest BCUT2D eigenvalue weighted by Gasteiger charge is 2.23. The minimum atomic E-state index is 0.0578. The van der Waals surface area contributed by atoms with Gasteiger partial charge < -0.3 is 14.7 Å². The van der Waals surface area contributed by atoms with E-state index >= 15 is 0 Å². The molecule has 0 fully saturated rings. The van der Waals surface area contributed by atoms with Crippen LogP contribution in [0.3, 0.4) is 0 Å². The number of carbonyl (C=O) groups is 1. The maximum absolute atomic E-state index is 12.4.